The Hall–Kier alpha value is -2.16. The van der Waals surface area contributed by atoms with Gasteiger partial charge in [0.2, 0.25) is 0 Å². The summed E-state index contributed by atoms with van der Waals surface area (Å²) in [6.07, 6.45) is 0.907. The minimum atomic E-state index is 0.105. The van der Waals surface area contributed by atoms with Gasteiger partial charge in [-0.1, -0.05) is 31.2 Å². The molecule has 0 spiro atoms. The van der Waals surface area contributed by atoms with Gasteiger partial charge in [-0.2, -0.15) is 0 Å². The molecular weight excluding hydrogens is 248 g/mol. The molecule has 20 heavy (non-hydrogen) atoms. The Morgan fingerprint density at radius 3 is 2.50 bits per heavy atom. The summed E-state index contributed by atoms with van der Waals surface area (Å²) in [5.41, 5.74) is 3.15. The smallest absolute Gasteiger partial charge is 0.120 e. The first-order chi connectivity index (χ1) is 9.61. The third kappa shape index (κ3) is 3.23. The van der Waals surface area contributed by atoms with Crippen molar-refractivity contribution in [1.29, 1.82) is 0 Å². The van der Waals surface area contributed by atoms with Crippen LogP contribution in [0.5, 0.6) is 5.75 Å². The molecule has 0 heterocycles. The van der Waals surface area contributed by atoms with Crippen molar-refractivity contribution in [2.75, 3.05) is 24.3 Å². The first-order valence-electron chi connectivity index (χ1n) is 6.93. The van der Waals surface area contributed by atoms with Gasteiger partial charge in [0.25, 0.3) is 0 Å². The topological polar surface area (TPSA) is 35.5 Å². The average molecular weight is 270 g/mol. The average Bonchev–Trinajstić information content (AvgIpc) is 2.46. The summed E-state index contributed by atoms with van der Waals surface area (Å²) in [4.78, 5) is 2.08. The van der Waals surface area contributed by atoms with E-state index in [2.05, 4.69) is 35.3 Å². The number of hydrogen-bond donors (Lipinski definition) is 2. The van der Waals surface area contributed by atoms with Crippen LogP contribution in [-0.2, 0) is 0 Å². The summed E-state index contributed by atoms with van der Waals surface area (Å²) in [5.74, 6) is 0.343. The van der Waals surface area contributed by atoms with E-state index in [-0.39, 0.29) is 6.04 Å². The van der Waals surface area contributed by atoms with Gasteiger partial charge in [-0.05, 0) is 30.7 Å². The molecule has 0 saturated carbocycles. The number of para-hydroxylation sites is 1. The molecular formula is C17H22N2O. The van der Waals surface area contributed by atoms with E-state index in [4.69, 9.17) is 0 Å². The van der Waals surface area contributed by atoms with Crippen LogP contribution in [0.4, 0.5) is 11.4 Å². The lowest BCUT2D eigenvalue weighted by atomic mass is 10.0. The van der Waals surface area contributed by atoms with Gasteiger partial charge in [-0.15, -0.1) is 0 Å². The Morgan fingerprint density at radius 2 is 1.85 bits per heavy atom. The number of phenolic OH excluding ortho intramolecular Hbond substituents is 1. The van der Waals surface area contributed by atoms with Gasteiger partial charge in [0.15, 0.2) is 0 Å². The van der Waals surface area contributed by atoms with Gasteiger partial charge in [-0.25, -0.2) is 0 Å². The van der Waals surface area contributed by atoms with Crippen molar-refractivity contribution in [2.24, 2.45) is 0 Å². The normalized spacial score (nSPS) is 11.9. The number of benzene rings is 2. The van der Waals surface area contributed by atoms with E-state index in [1.54, 1.807) is 6.07 Å². The zero-order valence-electron chi connectivity index (χ0n) is 12.3. The summed E-state index contributed by atoms with van der Waals surface area (Å²) in [6, 6.07) is 15.9. The van der Waals surface area contributed by atoms with Crippen LogP contribution in [0.15, 0.2) is 48.5 Å². The molecule has 106 valence electrons. The van der Waals surface area contributed by atoms with E-state index in [1.807, 2.05) is 38.4 Å². The van der Waals surface area contributed by atoms with Gasteiger partial charge in [-0.3, -0.25) is 0 Å². The number of anilines is 2. The fraction of sp³-hybridized carbons (Fsp3) is 0.294. The van der Waals surface area contributed by atoms with Crippen LogP contribution in [0.25, 0.3) is 0 Å². The minimum Gasteiger partial charge on any atom is -0.508 e. The number of nitrogens with one attached hydrogen (secondary N) is 1. The quantitative estimate of drug-likeness (QED) is 0.861. The zero-order valence-corrected chi connectivity index (χ0v) is 12.3. The summed E-state index contributed by atoms with van der Waals surface area (Å²) >= 11 is 0. The molecule has 0 aliphatic carbocycles. The van der Waals surface area contributed by atoms with Gasteiger partial charge < -0.3 is 15.3 Å². The van der Waals surface area contributed by atoms with Crippen LogP contribution < -0.4 is 10.2 Å². The highest BCUT2D eigenvalue weighted by Crippen LogP contribution is 2.30. The Morgan fingerprint density at radius 1 is 1.10 bits per heavy atom. The minimum absolute atomic E-state index is 0.105. The molecule has 0 bridgehead atoms. The molecule has 2 aromatic rings. The summed E-state index contributed by atoms with van der Waals surface area (Å²) in [6.45, 7) is 2.11. The van der Waals surface area contributed by atoms with Gasteiger partial charge in [0.05, 0.1) is 6.04 Å². The Labute approximate surface area is 120 Å². The van der Waals surface area contributed by atoms with Gasteiger partial charge >= 0.3 is 0 Å². The van der Waals surface area contributed by atoms with E-state index in [9.17, 15) is 5.11 Å². The van der Waals surface area contributed by atoms with Crippen LogP contribution in [0, 0.1) is 0 Å². The molecule has 0 amide bonds. The van der Waals surface area contributed by atoms with Crippen molar-refractivity contribution in [3.05, 3.63) is 54.1 Å². The van der Waals surface area contributed by atoms with Crippen LogP contribution in [0.1, 0.15) is 24.9 Å². The van der Waals surface area contributed by atoms with E-state index >= 15 is 0 Å². The van der Waals surface area contributed by atoms with Crippen molar-refractivity contribution in [3.63, 3.8) is 0 Å². The standard InChI is InChI=1S/C17H22N2O/c1-4-16(15-10-5-6-11-17(15)20)18-13-8-7-9-14(12-13)19(2)3/h5-12,16,18,20H,4H2,1-3H3. The lowest BCUT2D eigenvalue weighted by molar-refractivity contribution is 0.463. The number of nitrogens with zero attached hydrogens (tertiary/aromatic N) is 1. The molecule has 1 atom stereocenters. The first-order valence-corrected chi connectivity index (χ1v) is 6.93. The van der Waals surface area contributed by atoms with E-state index in [0.29, 0.717) is 5.75 Å². The third-order valence-electron chi connectivity index (χ3n) is 3.42. The second-order valence-electron chi connectivity index (χ2n) is 5.11. The predicted octanol–water partition coefficient (Wildman–Crippen LogP) is 4.02. The third-order valence-corrected chi connectivity index (χ3v) is 3.42. The highest BCUT2D eigenvalue weighted by atomic mass is 16.3. The largest absolute Gasteiger partial charge is 0.508 e. The molecule has 0 aromatic heterocycles. The number of aromatic hydroxyl groups is 1. The summed E-state index contributed by atoms with van der Waals surface area (Å²) < 4.78 is 0. The van der Waals surface area contributed by atoms with E-state index in [0.717, 1.165) is 23.4 Å². The molecule has 2 aromatic carbocycles. The lowest BCUT2D eigenvalue weighted by Gasteiger charge is -2.21. The number of phenols is 1. The van der Waals surface area contributed by atoms with Crippen molar-refractivity contribution in [3.8, 4) is 5.75 Å². The second kappa shape index (κ2) is 6.33. The maximum Gasteiger partial charge on any atom is 0.120 e. The molecule has 0 saturated heterocycles. The monoisotopic (exact) mass is 270 g/mol. The van der Waals surface area contributed by atoms with Crippen LogP contribution >= 0.6 is 0 Å². The zero-order chi connectivity index (χ0) is 14.5. The summed E-state index contributed by atoms with van der Waals surface area (Å²) in [7, 11) is 4.05. The maximum absolute atomic E-state index is 9.98. The molecule has 1 unspecified atom stereocenters. The number of hydrogen-bond acceptors (Lipinski definition) is 3. The molecule has 0 fully saturated rings. The molecule has 2 rings (SSSR count). The van der Waals surface area contributed by atoms with Crippen LogP contribution in [-0.4, -0.2) is 19.2 Å². The van der Waals surface area contributed by atoms with Crippen molar-refractivity contribution in [1.82, 2.24) is 0 Å². The SMILES string of the molecule is CCC(Nc1cccc(N(C)C)c1)c1ccccc1O. The summed E-state index contributed by atoms with van der Waals surface area (Å²) in [5, 5.41) is 13.5. The molecule has 0 aliphatic heterocycles. The van der Waals surface area contributed by atoms with Crippen molar-refractivity contribution >= 4 is 11.4 Å². The molecule has 3 nitrogen and oxygen atoms in total. The lowest BCUT2D eigenvalue weighted by Crippen LogP contribution is -2.12. The molecule has 0 radical (unpaired) electrons. The van der Waals surface area contributed by atoms with E-state index < -0.39 is 0 Å². The Bertz CT molecular complexity index is 566. The molecule has 3 heteroatoms. The van der Waals surface area contributed by atoms with Crippen LogP contribution in [0.2, 0.25) is 0 Å². The first kappa shape index (κ1) is 14.3. The fourth-order valence-corrected chi connectivity index (χ4v) is 2.26. The van der Waals surface area contributed by atoms with E-state index in [1.165, 1.54) is 0 Å². The Balaban J connectivity index is 2.23. The van der Waals surface area contributed by atoms with Gasteiger partial charge in [0.1, 0.15) is 5.75 Å². The highest BCUT2D eigenvalue weighted by Gasteiger charge is 2.13. The van der Waals surface area contributed by atoms with Gasteiger partial charge in [0, 0.05) is 31.0 Å². The van der Waals surface area contributed by atoms with Crippen molar-refractivity contribution < 1.29 is 5.11 Å². The van der Waals surface area contributed by atoms with Crippen molar-refractivity contribution in [2.45, 2.75) is 19.4 Å². The fourth-order valence-electron chi connectivity index (χ4n) is 2.26. The second-order valence-corrected chi connectivity index (χ2v) is 5.11. The highest BCUT2D eigenvalue weighted by molar-refractivity contribution is 5.58. The number of rotatable bonds is 5. The van der Waals surface area contributed by atoms with Crippen LogP contribution in [0.3, 0.4) is 0 Å². The molecule has 2 N–H and O–H groups in total. The molecule has 0 aliphatic rings. The Kier molecular flexibility index (Phi) is 4.51. The predicted molar refractivity (Wildman–Crippen MR) is 85.5 cm³/mol. The maximum atomic E-state index is 9.98.